The molecule has 1 aliphatic heterocycles. The summed E-state index contributed by atoms with van der Waals surface area (Å²) in [5.74, 6) is -0.755. The van der Waals surface area contributed by atoms with E-state index in [0.717, 1.165) is 22.4 Å². The number of aromatic nitrogens is 1. The summed E-state index contributed by atoms with van der Waals surface area (Å²) in [5, 5.41) is 2.76. The predicted octanol–water partition coefficient (Wildman–Crippen LogP) is 3.64. The van der Waals surface area contributed by atoms with Gasteiger partial charge in [0.15, 0.2) is 0 Å². The fraction of sp³-hybridized carbons (Fsp3) is 0.259. The number of carbonyl (C=O) groups is 3. The van der Waals surface area contributed by atoms with Crippen LogP contribution in [0.3, 0.4) is 0 Å². The molecule has 1 aromatic heterocycles. The fourth-order valence-electron chi connectivity index (χ4n) is 4.09. The van der Waals surface area contributed by atoms with Crippen LogP contribution in [0.25, 0.3) is 0 Å². The van der Waals surface area contributed by atoms with Crippen molar-refractivity contribution < 1.29 is 14.4 Å². The summed E-state index contributed by atoms with van der Waals surface area (Å²) in [6, 6.07) is 20.3. The van der Waals surface area contributed by atoms with Crippen molar-refractivity contribution in [3.05, 3.63) is 101 Å². The number of hydrogen-bond acceptors (Lipinski definition) is 4. The summed E-state index contributed by atoms with van der Waals surface area (Å²) in [4.78, 5) is 46.2. The molecule has 1 aliphatic rings. The van der Waals surface area contributed by atoms with Crippen LogP contribution < -0.4 is 5.32 Å². The summed E-state index contributed by atoms with van der Waals surface area (Å²) in [7, 11) is 0. The van der Waals surface area contributed by atoms with Crippen molar-refractivity contribution in [2.24, 2.45) is 0 Å². The molecular formula is C27H28N4O3. The number of carbonyl (C=O) groups excluding carboxylic acids is 3. The van der Waals surface area contributed by atoms with Crippen molar-refractivity contribution in [3.8, 4) is 0 Å². The molecule has 7 nitrogen and oxygen atoms in total. The van der Waals surface area contributed by atoms with Crippen molar-refractivity contribution >= 4 is 17.8 Å². The lowest BCUT2D eigenvalue weighted by Gasteiger charge is -2.26. The van der Waals surface area contributed by atoms with Gasteiger partial charge in [-0.3, -0.25) is 19.5 Å². The number of amides is 4. The van der Waals surface area contributed by atoms with Crippen LogP contribution in [0.2, 0.25) is 0 Å². The first-order chi connectivity index (χ1) is 16.4. The van der Waals surface area contributed by atoms with E-state index < -0.39 is 17.5 Å². The Balaban J connectivity index is 1.54. The summed E-state index contributed by atoms with van der Waals surface area (Å²) < 4.78 is 0. The molecule has 4 rings (SSSR count). The average Bonchev–Trinajstić information content (AvgIpc) is 3.09. The molecule has 7 heteroatoms. The molecule has 174 valence electrons. The van der Waals surface area contributed by atoms with Crippen molar-refractivity contribution in [2.75, 3.05) is 6.54 Å². The third-order valence-electron chi connectivity index (χ3n) is 6.17. The van der Waals surface area contributed by atoms with Crippen molar-refractivity contribution in [2.45, 2.75) is 38.9 Å². The standard InChI is InChI=1S/C27H28N4O3/c1-3-20-11-13-21(14-12-20)17-30(18-22-8-7-15-28-16-22)24(32)19-31-25(33)27(2,29-26(31)34)23-9-5-4-6-10-23/h4-16H,3,17-19H2,1-2H3,(H,29,34). The molecule has 3 aromatic rings. The van der Waals surface area contributed by atoms with Gasteiger partial charge in [0.05, 0.1) is 0 Å². The van der Waals surface area contributed by atoms with Gasteiger partial charge in [-0.25, -0.2) is 4.79 Å². The third kappa shape index (κ3) is 4.83. The molecule has 2 aromatic carbocycles. The van der Waals surface area contributed by atoms with E-state index in [1.807, 2.05) is 54.6 Å². The topological polar surface area (TPSA) is 82.6 Å². The molecular weight excluding hydrogens is 428 g/mol. The number of hydrogen-bond donors (Lipinski definition) is 1. The summed E-state index contributed by atoms with van der Waals surface area (Å²) in [6.45, 7) is 4.10. The number of rotatable bonds is 8. The summed E-state index contributed by atoms with van der Waals surface area (Å²) in [6.07, 6.45) is 4.32. The number of nitrogens with one attached hydrogen (secondary N) is 1. The maximum absolute atomic E-state index is 13.4. The predicted molar refractivity (Wildman–Crippen MR) is 128 cm³/mol. The Morgan fingerprint density at radius 2 is 1.62 bits per heavy atom. The highest BCUT2D eigenvalue weighted by Gasteiger charge is 2.49. The highest BCUT2D eigenvalue weighted by atomic mass is 16.2. The van der Waals surface area contributed by atoms with Crippen molar-refractivity contribution in [3.63, 3.8) is 0 Å². The molecule has 0 radical (unpaired) electrons. The number of nitrogens with zero attached hydrogens (tertiary/aromatic N) is 3. The Morgan fingerprint density at radius 3 is 2.26 bits per heavy atom. The molecule has 2 heterocycles. The van der Waals surface area contributed by atoms with E-state index in [2.05, 4.69) is 17.2 Å². The minimum atomic E-state index is -1.21. The van der Waals surface area contributed by atoms with Gasteiger partial charge in [0, 0.05) is 25.5 Å². The van der Waals surface area contributed by atoms with Crippen LogP contribution in [0.4, 0.5) is 4.79 Å². The minimum Gasteiger partial charge on any atom is -0.332 e. The summed E-state index contributed by atoms with van der Waals surface area (Å²) >= 11 is 0. The van der Waals surface area contributed by atoms with E-state index >= 15 is 0 Å². The van der Waals surface area contributed by atoms with Crippen LogP contribution in [-0.4, -0.2) is 39.2 Å². The van der Waals surface area contributed by atoms with Crippen LogP contribution in [0.1, 0.15) is 36.1 Å². The smallest absolute Gasteiger partial charge is 0.325 e. The molecule has 34 heavy (non-hydrogen) atoms. The van der Waals surface area contributed by atoms with E-state index in [1.54, 1.807) is 36.4 Å². The highest BCUT2D eigenvalue weighted by Crippen LogP contribution is 2.28. The fourth-order valence-corrected chi connectivity index (χ4v) is 4.09. The SMILES string of the molecule is CCc1ccc(CN(Cc2cccnc2)C(=O)CN2C(=O)NC(C)(c3ccccc3)C2=O)cc1. The molecule has 1 saturated heterocycles. The molecule has 4 amide bonds. The molecule has 1 fully saturated rings. The van der Waals surface area contributed by atoms with Crippen LogP contribution in [0.15, 0.2) is 79.1 Å². The van der Waals surface area contributed by atoms with Gasteiger partial charge in [-0.1, -0.05) is 67.6 Å². The van der Waals surface area contributed by atoms with E-state index in [0.29, 0.717) is 18.7 Å². The zero-order valence-electron chi connectivity index (χ0n) is 19.4. The first kappa shape index (κ1) is 23.2. The van der Waals surface area contributed by atoms with Crippen molar-refractivity contribution in [1.82, 2.24) is 20.1 Å². The van der Waals surface area contributed by atoms with Gasteiger partial charge >= 0.3 is 6.03 Å². The molecule has 0 spiro atoms. The molecule has 1 unspecified atom stereocenters. The quantitative estimate of drug-likeness (QED) is 0.525. The number of benzene rings is 2. The van der Waals surface area contributed by atoms with Crippen LogP contribution in [-0.2, 0) is 34.6 Å². The van der Waals surface area contributed by atoms with Gasteiger partial charge in [0.2, 0.25) is 5.91 Å². The van der Waals surface area contributed by atoms with Gasteiger partial charge in [-0.05, 0) is 41.7 Å². The van der Waals surface area contributed by atoms with Crippen LogP contribution in [0, 0.1) is 0 Å². The normalized spacial score (nSPS) is 17.5. The Labute approximate surface area is 199 Å². The number of pyridine rings is 1. The minimum absolute atomic E-state index is 0.316. The first-order valence-electron chi connectivity index (χ1n) is 11.3. The van der Waals surface area contributed by atoms with Crippen LogP contribution >= 0.6 is 0 Å². The lowest BCUT2D eigenvalue weighted by molar-refractivity contribution is -0.139. The van der Waals surface area contributed by atoms with E-state index in [4.69, 9.17) is 0 Å². The molecule has 1 atom stereocenters. The number of aryl methyl sites for hydroxylation is 1. The van der Waals surface area contributed by atoms with Gasteiger partial charge < -0.3 is 10.2 Å². The Hall–Kier alpha value is -4.00. The van der Waals surface area contributed by atoms with Gasteiger partial charge in [-0.15, -0.1) is 0 Å². The van der Waals surface area contributed by atoms with Gasteiger partial charge in [-0.2, -0.15) is 0 Å². The van der Waals surface area contributed by atoms with E-state index in [1.165, 1.54) is 5.56 Å². The zero-order chi connectivity index (χ0) is 24.1. The Morgan fingerprint density at radius 1 is 0.941 bits per heavy atom. The number of imide groups is 1. The lowest BCUT2D eigenvalue weighted by Crippen LogP contribution is -2.44. The van der Waals surface area contributed by atoms with Crippen molar-refractivity contribution in [1.29, 1.82) is 0 Å². The largest absolute Gasteiger partial charge is 0.332 e. The number of urea groups is 1. The second kappa shape index (κ2) is 9.87. The van der Waals surface area contributed by atoms with Crippen LogP contribution in [0.5, 0.6) is 0 Å². The van der Waals surface area contributed by atoms with E-state index in [9.17, 15) is 14.4 Å². The average molecular weight is 457 g/mol. The summed E-state index contributed by atoms with van der Waals surface area (Å²) in [5.41, 5.74) is 2.52. The Bertz CT molecular complexity index is 1170. The second-order valence-corrected chi connectivity index (χ2v) is 8.59. The molecule has 0 saturated carbocycles. The monoisotopic (exact) mass is 456 g/mol. The molecule has 0 bridgehead atoms. The first-order valence-corrected chi connectivity index (χ1v) is 11.3. The maximum Gasteiger partial charge on any atom is 0.325 e. The zero-order valence-corrected chi connectivity index (χ0v) is 19.4. The maximum atomic E-state index is 13.4. The van der Waals surface area contributed by atoms with E-state index in [-0.39, 0.29) is 12.5 Å². The molecule has 1 N–H and O–H groups in total. The second-order valence-electron chi connectivity index (χ2n) is 8.59. The lowest BCUT2D eigenvalue weighted by atomic mass is 9.92. The third-order valence-corrected chi connectivity index (χ3v) is 6.17. The Kier molecular flexibility index (Phi) is 6.72. The van der Waals surface area contributed by atoms with Gasteiger partial charge in [0.1, 0.15) is 12.1 Å². The van der Waals surface area contributed by atoms with Gasteiger partial charge in [0.25, 0.3) is 5.91 Å². The highest BCUT2D eigenvalue weighted by molar-refractivity contribution is 6.09. The molecule has 0 aliphatic carbocycles.